The van der Waals surface area contributed by atoms with Gasteiger partial charge in [0.2, 0.25) is 5.91 Å². The molecule has 1 saturated carbocycles. The van der Waals surface area contributed by atoms with Crippen LogP contribution >= 0.6 is 12.4 Å². The number of carbonyl (C=O) groups is 1. The summed E-state index contributed by atoms with van der Waals surface area (Å²) in [5.74, 6) is 1.02. The highest BCUT2D eigenvalue weighted by molar-refractivity contribution is 5.86. The molecule has 144 valence electrons. The molecule has 27 heavy (non-hydrogen) atoms. The van der Waals surface area contributed by atoms with Crippen LogP contribution in [0.2, 0.25) is 0 Å². The van der Waals surface area contributed by atoms with Crippen LogP contribution in [0.15, 0.2) is 42.5 Å². The van der Waals surface area contributed by atoms with Gasteiger partial charge in [-0.3, -0.25) is 9.69 Å². The molecule has 2 aliphatic heterocycles. The highest BCUT2D eigenvalue weighted by Gasteiger charge is 2.47. The lowest BCUT2D eigenvalue weighted by Gasteiger charge is -2.32. The Morgan fingerprint density at radius 2 is 1.78 bits per heavy atom. The number of piperazine rings is 1. The number of amides is 1. The number of fused-ring (bicyclic) bond motifs is 1. The molecule has 4 nitrogen and oxygen atoms in total. The minimum atomic E-state index is 0. The fraction of sp³-hybridized carbons (Fsp3) is 0.500. The Labute approximate surface area is 167 Å². The monoisotopic (exact) mass is 385 g/mol. The van der Waals surface area contributed by atoms with Gasteiger partial charge in [0.05, 0.1) is 0 Å². The first-order chi connectivity index (χ1) is 12.8. The van der Waals surface area contributed by atoms with Gasteiger partial charge in [0.1, 0.15) is 0 Å². The highest BCUT2D eigenvalue weighted by atomic mass is 35.5. The van der Waals surface area contributed by atoms with E-state index in [4.69, 9.17) is 0 Å². The molecule has 3 atom stereocenters. The fourth-order valence-corrected chi connectivity index (χ4v) is 4.80. The van der Waals surface area contributed by atoms with Crippen LogP contribution in [0.5, 0.6) is 0 Å². The number of benzene rings is 2. The van der Waals surface area contributed by atoms with E-state index in [2.05, 4.69) is 57.6 Å². The molecule has 0 spiro atoms. The van der Waals surface area contributed by atoms with Crippen molar-refractivity contribution >= 4 is 29.1 Å². The summed E-state index contributed by atoms with van der Waals surface area (Å²) in [6, 6.07) is 15.7. The predicted octanol–water partition coefficient (Wildman–Crippen LogP) is 2.87. The van der Waals surface area contributed by atoms with Crippen LogP contribution in [0.25, 0.3) is 10.8 Å². The Morgan fingerprint density at radius 1 is 1.00 bits per heavy atom. The molecule has 3 fully saturated rings. The average molecular weight is 386 g/mol. The summed E-state index contributed by atoms with van der Waals surface area (Å²) >= 11 is 0. The van der Waals surface area contributed by atoms with Crippen molar-refractivity contribution in [2.75, 3.05) is 39.3 Å². The topological polar surface area (TPSA) is 35.6 Å². The number of nitrogens with one attached hydrogen (secondary N) is 1. The van der Waals surface area contributed by atoms with Crippen LogP contribution in [-0.4, -0.2) is 61.0 Å². The minimum Gasteiger partial charge on any atom is -0.341 e. The van der Waals surface area contributed by atoms with Gasteiger partial charge in [-0.25, -0.2) is 0 Å². The van der Waals surface area contributed by atoms with Crippen LogP contribution in [-0.2, 0) is 4.79 Å². The first-order valence-corrected chi connectivity index (χ1v) is 10.0. The fourth-order valence-electron chi connectivity index (χ4n) is 4.80. The SMILES string of the molecule is Cl.O=C(C1CC1c1ccc2ccccc2c1)N1CCC(N2CCNCC2)C1. The lowest BCUT2D eigenvalue weighted by Crippen LogP contribution is -2.49. The first-order valence-electron chi connectivity index (χ1n) is 10.0. The summed E-state index contributed by atoms with van der Waals surface area (Å²) < 4.78 is 0. The summed E-state index contributed by atoms with van der Waals surface area (Å²) in [6.07, 6.45) is 2.16. The van der Waals surface area contributed by atoms with Crippen LogP contribution in [0.4, 0.5) is 0 Å². The largest absolute Gasteiger partial charge is 0.341 e. The van der Waals surface area contributed by atoms with Gasteiger partial charge >= 0.3 is 0 Å². The molecule has 2 aromatic rings. The number of hydrogen-bond donors (Lipinski definition) is 1. The van der Waals surface area contributed by atoms with E-state index in [1.54, 1.807) is 0 Å². The quantitative estimate of drug-likeness (QED) is 0.882. The molecule has 3 unspecified atom stereocenters. The van der Waals surface area contributed by atoms with E-state index in [1.165, 1.54) is 16.3 Å². The van der Waals surface area contributed by atoms with Crippen molar-refractivity contribution in [3.63, 3.8) is 0 Å². The molecule has 0 aromatic heterocycles. The molecule has 1 amide bonds. The summed E-state index contributed by atoms with van der Waals surface area (Å²) in [7, 11) is 0. The van der Waals surface area contributed by atoms with Crippen LogP contribution in [0.1, 0.15) is 24.3 Å². The summed E-state index contributed by atoms with van der Waals surface area (Å²) in [5, 5.41) is 5.97. The molecule has 1 N–H and O–H groups in total. The van der Waals surface area contributed by atoms with Gasteiger partial charge in [-0.1, -0.05) is 42.5 Å². The molecular formula is C22H28ClN3O. The second kappa shape index (κ2) is 7.78. The zero-order valence-electron chi connectivity index (χ0n) is 15.6. The molecule has 2 heterocycles. The number of rotatable bonds is 3. The Kier molecular flexibility index (Phi) is 5.40. The van der Waals surface area contributed by atoms with E-state index >= 15 is 0 Å². The number of nitrogens with zero attached hydrogens (tertiary/aromatic N) is 2. The highest BCUT2D eigenvalue weighted by Crippen LogP contribution is 2.49. The van der Waals surface area contributed by atoms with Crippen molar-refractivity contribution in [1.82, 2.24) is 15.1 Å². The standard InChI is InChI=1S/C22H27N3O.ClH/c26-22(25-10-7-19(15-25)24-11-8-23-9-12-24)21-14-20(21)18-6-5-16-3-1-2-4-17(16)13-18;/h1-6,13,19-21,23H,7-12,14-15H2;1H. The Hall–Kier alpha value is -1.62. The normalized spacial score (nSPS) is 28.1. The second-order valence-corrected chi connectivity index (χ2v) is 8.07. The van der Waals surface area contributed by atoms with Crippen molar-refractivity contribution in [3.8, 4) is 0 Å². The Bertz CT molecular complexity index is 820. The zero-order valence-corrected chi connectivity index (χ0v) is 16.5. The number of hydrogen-bond acceptors (Lipinski definition) is 3. The molecule has 5 heteroatoms. The Balaban J connectivity index is 0.00000180. The molecule has 2 aromatic carbocycles. The zero-order chi connectivity index (χ0) is 17.5. The number of likely N-dealkylation sites (tertiary alicyclic amines) is 1. The van der Waals surface area contributed by atoms with Crippen LogP contribution in [0.3, 0.4) is 0 Å². The maximum atomic E-state index is 13.0. The molecule has 0 radical (unpaired) electrons. The van der Waals surface area contributed by atoms with Gasteiger partial charge in [-0.2, -0.15) is 0 Å². The molecule has 0 bridgehead atoms. The molecule has 1 aliphatic carbocycles. The van der Waals surface area contributed by atoms with Gasteiger partial charge in [0.25, 0.3) is 0 Å². The second-order valence-electron chi connectivity index (χ2n) is 8.07. The third-order valence-corrected chi connectivity index (χ3v) is 6.45. The van der Waals surface area contributed by atoms with Gasteiger partial charge in [-0.15, -0.1) is 12.4 Å². The molecule has 3 aliphatic rings. The number of carbonyl (C=O) groups excluding carboxylic acids is 1. The number of halogens is 1. The van der Waals surface area contributed by atoms with Crippen LogP contribution in [0, 0.1) is 5.92 Å². The van der Waals surface area contributed by atoms with Crippen molar-refractivity contribution in [2.24, 2.45) is 5.92 Å². The van der Waals surface area contributed by atoms with E-state index in [-0.39, 0.29) is 18.3 Å². The minimum absolute atomic E-state index is 0. The summed E-state index contributed by atoms with van der Waals surface area (Å²) in [5.41, 5.74) is 1.33. The van der Waals surface area contributed by atoms with Gasteiger partial charge in [0.15, 0.2) is 0 Å². The van der Waals surface area contributed by atoms with Gasteiger partial charge < -0.3 is 10.2 Å². The summed E-state index contributed by atoms with van der Waals surface area (Å²) in [6.45, 7) is 6.27. The van der Waals surface area contributed by atoms with Crippen LogP contribution < -0.4 is 5.32 Å². The molecule has 5 rings (SSSR count). The third kappa shape index (κ3) is 3.71. The Morgan fingerprint density at radius 3 is 2.59 bits per heavy atom. The van der Waals surface area contributed by atoms with E-state index in [0.717, 1.165) is 52.1 Å². The first kappa shape index (κ1) is 18.7. The lowest BCUT2D eigenvalue weighted by atomic mass is 10.0. The van der Waals surface area contributed by atoms with Crippen molar-refractivity contribution in [1.29, 1.82) is 0 Å². The third-order valence-electron chi connectivity index (χ3n) is 6.45. The molecular weight excluding hydrogens is 358 g/mol. The van der Waals surface area contributed by atoms with E-state index < -0.39 is 0 Å². The smallest absolute Gasteiger partial charge is 0.226 e. The van der Waals surface area contributed by atoms with Crippen molar-refractivity contribution in [3.05, 3.63) is 48.0 Å². The van der Waals surface area contributed by atoms with Gasteiger partial charge in [-0.05, 0) is 35.1 Å². The molecule has 2 saturated heterocycles. The lowest BCUT2D eigenvalue weighted by molar-refractivity contribution is -0.131. The summed E-state index contributed by atoms with van der Waals surface area (Å²) in [4.78, 5) is 17.7. The maximum absolute atomic E-state index is 13.0. The maximum Gasteiger partial charge on any atom is 0.226 e. The average Bonchev–Trinajstić information content (AvgIpc) is 3.35. The van der Waals surface area contributed by atoms with Gasteiger partial charge in [0, 0.05) is 51.2 Å². The van der Waals surface area contributed by atoms with Crippen molar-refractivity contribution in [2.45, 2.75) is 24.8 Å². The van der Waals surface area contributed by atoms with Crippen molar-refractivity contribution < 1.29 is 4.79 Å². The van der Waals surface area contributed by atoms with E-state index in [9.17, 15) is 4.79 Å². The van der Waals surface area contributed by atoms with E-state index in [1.807, 2.05) is 0 Å². The van der Waals surface area contributed by atoms with E-state index in [0.29, 0.717) is 17.9 Å². The predicted molar refractivity (Wildman–Crippen MR) is 111 cm³/mol.